The van der Waals surface area contributed by atoms with Gasteiger partial charge in [0.25, 0.3) is 20.0 Å². The summed E-state index contributed by atoms with van der Waals surface area (Å²) < 4.78 is 61.3. The molecule has 4 rings (SSSR count). The van der Waals surface area contributed by atoms with Crippen LogP contribution in [0.1, 0.15) is 12.0 Å². The minimum Gasteiger partial charge on any atom is -0.495 e. The molecule has 0 aromatic heterocycles. The first-order valence-electron chi connectivity index (χ1n) is 9.79. The van der Waals surface area contributed by atoms with Crippen LogP contribution >= 0.6 is 11.6 Å². The molecule has 3 aromatic carbocycles. The Morgan fingerprint density at radius 3 is 2.44 bits per heavy atom. The van der Waals surface area contributed by atoms with Gasteiger partial charge in [0.05, 0.1) is 17.7 Å². The molecule has 0 unspecified atom stereocenters. The van der Waals surface area contributed by atoms with Gasteiger partial charge in [0.15, 0.2) is 0 Å². The summed E-state index contributed by atoms with van der Waals surface area (Å²) in [5.74, 6) is 0.167. The molecule has 10 heteroatoms. The topological polar surface area (TPSA) is 92.8 Å². The van der Waals surface area contributed by atoms with Crippen LogP contribution in [0.25, 0.3) is 0 Å². The standard InChI is InChI=1S/C22H21ClN2O5S2/c1-30-21-12-9-17(23)15-22(21)31(26,27)24-18-10-11-20-16(14-18)6-5-13-25(20)32(28,29)19-7-3-2-4-8-19/h2-4,7-12,14-15,24H,5-6,13H2,1H3. The Kier molecular flexibility index (Phi) is 6.07. The summed E-state index contributed by atoms with van der Waals surface area (Å²) in [5.41, 5.74) is 1.61. The number of nitrogens with zero attached hydrogens (tertiary/aromatic N) is 1. The Balaban J connectivity index is 1.67. The highest BCUT2D eigenvalue weighted by Gasteiger charge is 2.29. The van der Waals surface area contributed by atoms with Crippen LogP contribution in [0, 0.1) is 0 Å². The lowest BCUT2D eigenvalue weighted by Crippen LogP contribution is -2.35. The second kappa shape index (κ2) is 8.65. The first-order valence-corrected chi connectivity index (χ1v) is 13.1. The molecular formula is C22H21ClN2O5S2. The number of fused-ring (bicyclic) bond motifs is 1. The zero-order chi connectivity index (χ0) is 22.9. The number of benzene rings is 3. The molecule has 0 amide bonds. The van der Waals surface area contributed by atoms with E-state index in [0.717, 1.165) is 5.56 Å². The van der Waals surface area contributed by atoms with Gasteiger partial charge in [-0.15, -0.1) is 0 Å². The van der Waals surface area contributed by atoms with E-state index in [1.807, 2.05) is 0 Å². The van der Waals surface area contributed by atoms with Gasteiger partial charge in [-0.3, -0.25) is 9.03 Å². The summed E-state index contributed by atoms with van der Waals surface area (Å²) in [5, 5.41) is 0.262. The molecule has 168 valence electrons. The van der Waals surface area contributed by atoms with Gasteiger partial charge in [0.2, 0.25) is 0 Å². The van der Waals surface area contributed by atoms with Crippen molar-refractivity contribution in [3.05, 3.63) is 77.3 Å². The van der Waals surface area contributed by atoms with Crippen LogP contribution in [-0.2, 0) is 26.5 Å². The van der Waals surface area contributed by atoms with Crippen molar-refractivity contribution in [1.29, 1.82) is 0 Å². The lowest BCUT2D eigenvalue weighted by atomic mass is 10.0. The van der Waals surface area contributed by atoms with Crippen LogP contribution < -0.4 is 13.8 Å². The van der Waals surface area contributed by atoms with E-state index in [1.54, 1.807) is 54.6 Å². The van der Waals surface area contributed by atoms with Gasteiger partial charge in [-0.1, -0.05) is 29.8 Å². The number of ether oxygens (including phenoxy) is 1. The lowest BCUT2D eigenvalue weighted by molar-refractivity contribution is 0.403. The Hall–Kier alpha value is -2.75. The monoisotopic (exact) mass is 492 g/mol. The second-order valence-electron chi connectivity index (χ2n) is 7.24. The van der Waals surface area contributed by atoms with E-state index in [-0.39, 0.29) is 20.6 Å². The predicted molar refractivity (Wildman–Crippen MR) is 125 cm³/mol. The minimum atomic E-state index is -3.98. The third kappa shape index (κ3) is 4.28. The van der Waals surface area contributed by atoms with Crippen LogP contribution in [0.15, 0.2) is 76.5 Å². The zero-order valence-corrected chi connectivity index (χ0v) is 19.5. The largest absolute Gasteiger partial charge is 0.495 e. The fourth-order valence-corrected chi connectivity index (χ4v) is 6.71. The molecule has 0 fully saturated rings. The van der Waals surface area contributed by atoms with Crippen molar-refractivity contribution in [1.82, 2.24) is 0 Å². The smallest absolute Gasteiger partial charge is 0.265 e. The summed E-state index contributed by atoms with van der Waals surface area (Å²) in [6.45, 7) is 0.356. The van der Waals surface area contributed by atoms with Crippen LogP contribution in [0.3, 0.4) is 0 Å². The highest BCUT2D eigenvalue weighted by atomic mass is 35.5. The maximum atomic E-state index is 13.1. The third-order valence-electron chi connectivity index (χ3n) is 5.15. The quantitative estimate of drug-likeness (QED) is 0.554. The first kappa shape index (κ1) is 22.4. The fourth-order valence-electron chi connectivity index (χ4n) is 3.67. The summed E-state index contributed by atoms with van der Waals surface area (Å²) in [7, 11) is -6.32. The molecule has 7 nitrogen and oxygen atoms in total. The van der Waals surface area contributed by atoms with Crippen molar-refractivity contribution in [3.8, 4) is 5.75 Å². The van der Waals surface area contributed by atoms with Gasteiger partial charge < -0.3 is 4.74 Å². The summed E-state index contributed by atoms with van der Waals surface area (Å²) in [6, 6.07) is 17.4. The summed E-state index contributed by atoms with van der Waals surface area (Å²) in [4.78, 5) is 0.129. The van der Waals surface area contributed by atoms with Gasteiger partial charge in [-0.05, 0) is 66.9 Å². The number of aryl methyl sites for hydroxylation is 1. The van der Waals surface area contributed by atoms with Crippen molar-refractivity contribution in [2.75, 3.05) is 22.7 Å². The molecule has 0 atom stereocenters. The molecule has 0 spiro atoms. The van der Waals surface area contributed by atoms with E-state index < -0.39 is 20.0 Å². The van der Waals surface area contributed by atoms with E-state index in [4.69, 9.17) is 16.3 Å². The van der Waals surface area contributed by atoms with E-state index in [0.29, 0.717) is 30.8 Å². The molecule has 32 heavy (non-hydrogen) atoms. The van der Waals surface area contributed by atoms with Crippen LogP contribution in [-0.4, -0.2) is 30.5 Å². The van der Waals surface area contributed by atoms with Gasteiger partial charge in [0.1, 0.15) is 10.6 Å². The Morgan fingerprint density at radius 1 is 0.969 bits per heavy atom. The van der Waals surface area contributed by atoms with E-state index in [2.05, 4.69) is 4.72 Å². The summed E-state index contributed by atoms with van der Waals surface area (Å²) in [6.07, 6.45) is 1.25. The molecular weight excluding hydrogens is 472 g/mol. The number of sulfonamides is 2. The number of nitrogens with one attached hydrogen (secondary N) is 1. The molecule has 0 aliphatic carbocycles. The molecule has 0 saturated heterocycles. The number of hydrogen-bond acceptors (Lipinski definition) is 5. The Labute approximate surface area is 192 Å². The molecule has 3 aromatic rings. The van der Waals surface area contributed by atoms with Crippen molar-refractivity contribution in [2.24, 2.45) is 0 Å². The van der Waals surface area contributed by atoms with Crippen LogP contribution in [0.5, 0.6) is 5.75 Å². The zero-order valence-electron chi connectivity index (χ0n) is 17.2. The maximum Gasteiger partial charge on any atom is 0.265 e. The van der Waals surface area contributed by atoms with Gasteiger partial charge >= 0.3 is 0 Å². The van der Waals surface area contributed by atoms with Crippen molar-refractivity contribution in [3.63, 3.8) is 0 Å². The molecule has 1 aliphatic heterocycles. The number of methoxy groups -OCH3 is 1. The molecule has 0 radical (unpaired) electrons. The SMILES string of the molecule is COc1ccc(Cl)cc1S(=O)(=O)Nc1ccc2c(c1)CCCN2S(=O)(=O)c1ccccc1. The number of anilines is 2. The van der Waals surface area contributed by atoms with Crippen molar-refractivity contribution >= 4 is 43.0 Å². The van der Waals surface area contributed by atoms with E-state index in [9.17, 15) is 16.8 Å². The van der Waals surface area contributed by atoms with Crippen molar-refractivity contribution < 1.29 is 21.6 Å². The minimum absolute atomic E-state index is 0.0847. The van der Waals surface area contributed by atoms with Crippen LogP contribution in [0.2, 0.25) is 5.02 Å². The van der Waals surface area contributed by atoms with Crippen LogP contribution in [0.4, 0.5) is 11.4 Å². The highest BCUT2D eigenvalue weighted by Crippen LogP contribution is 2.35. The average Bonchev–Trinajstić information content (AvgIpc) is 2.78. The lowest BCUT2D eigenvalue weighted by Gasteiger charge is -2.31. The molecule has 1 heterocycles. The first-order chi connectivity index (χ1) is 15.2. The molecule has 1 N–H and O–H groups in total. The number of hydrogen-bond donors (Lipinski definition) is 1. The van der Waals surface area contributed by atoms with Gasteiger partial charge in [-0.25, -0.2) is 16.8 Å². The number of rotatable bonds is 6. The Morgan fingerprint density at radius 2 is 1.72 bits per heavy atom. The second-order valence-corrected chi connectivity index (χ2v) is 11.2. The van der Waals surface area contributed by atoms with Crippen molar-refractivity contribution in [2.45, 2.75) is 22.6 Å². The normalized spacial score (nSPS) is 14.0. The molecule has 0 bridgehead atoms. The number of halogens is 1. The molecule has 0 saturated carbocycles. The van der Waals surface area contributed by atoms with E-state index >= 15 is 0 Å². The van der Waals surface area contributed by atoms with Gasteiger partial charge in [0, 0.05) is 17.3 Å². The average molecular weight is 493 g/mol. The maximum absolute atomic E-state index is 13.1. The van der Waals surface area contributed by atoms with Gasteiger partial charge in [-0.2, -0.15) is 0 Å². The highest BCUT2D eigenvalue weighted by molar-refractivity contribution is 7.93. The Bertz CT molecular complexity index is 1360. The predicted octanol–water partition coefficient (Wildman–Crippen LogP) is 4.29. The fraction of sp³-hybridized carbons (Fsp3) is 0.182. The third-order valence-corrected chi connectivity index (χ3v) is 8.62. The molecule has 1 aliphatic rings. The van der Waals surface area contributed by atoms with E-state index in [1.165, 1.54) is 23.5 Å². The summed E-state index contributed by atoms with van der Waals surface area (Å²) >= 11 is 5.98.